The summed E-state index contributed by atoms with van der Waals surface area (Å²) < 4.78 is 34.1. The molecule has 1 aromatic heterocycles. The Morgan fingerprint density at radius 1 is 1.60 bits per heavy atom. The van der Waals surface area contributed by atoms with Gasteiger partial charge >= 0.3 is 11.6 Å². The van der Waals surface area contributed by atoms with Crippen LogP contribution in [-0.4, -0.2) is 43.0 Å². The highest BCUT2D eigenvalue weighted by atomic mass is 19.3. The topological polar surface area (TPSA) is 111 Å². The monoisotopic (exact) mass is 287 g/mol. The molecular weight excluding hydrogens is 276 g/mol. The number of halogens is 2. The number of aliphatic hydroxyl groups excluding tert-OH is 1. The van der Waals surface area contributed by atoms with Gasteiger partial charge in [-0.05, 0) is 6.07 Å². The predicted molar refractivity (Wildman–Crippen MR) is 61.9 cm³/mol. The molecule has 0 bridgehead atoms. The molecule has 2 aliphatic rings. The fourth-order valence-corrected chi connectivity index (χ4v) is 2.63. The summed E-state index contributed by atoms with van der Waals surface area (Å²) >= 11 is 0. The number of ether oxygens (including phenoxy) is 1. The normalized spacial score (nSPS) is 41.2. The molecule has 1 saturated heterocycles. The van der Waals surface area contributed by atoms with Gasteiger partial charge in [-0.1, -0.05) is 6.08 Å². The van der Waals surface area contributed by atoms with Crippen molar-refractivity contribution >= 4 is 5.82 Å². The number of nitrogen functional groups attached to an aromatic ring is 1. The summed E-state index contributed by atoms with van der Waals surface area (Å²) in [5.74, 6) is -4.03. The lowest BCUT2D eigenvalue weighted by Gasteiger charge is -2.26. The van der Waals surface area contributed by atoms with E-state index in [1.165, 1.54) is 0 Å². The average molecular weight is 287 g/mol. The van der Waals surface area contributed by atoms with Crippen molar-refractivity contribution in [3.63, 3.8) is 0 Å². The first-order valence-electron chi connectivity index (χ1n) is 5.66. The van der Waals surface area contributed by atoms with E-state index in [-0.39, 0.29) is 5.82 Å². The number of hydrogen-bond acceptors (Lipinski definition) is 6. The first-order chi connectivity index (χ1) is 9.22. The van der Waals surface area contributed by atoms with E-state index < -0.39 is 35.1 Å². The van der Waals surface area contributed by atoms with Crippen LogP contribution in [0.1, 0.15) is 6.23 Å². The highest BCUT2D eigenvalue weighted by Gasteiger charge is 2.94. The minimum atomic E-state index is -3.90. The fraction of sp³-hybridized carbons (Fsp3) is 0.455. The van der Waals surface area contributed by atoms with Crippen LogP contribution in [0.25, 0.3) is 0 Å². The maximum atomic E-state index is 14.3. The Balaban J connectivity index is 2.10. The van der Waals surface area contributed by atoms with Gasteiger partial charge in [0.1, 0.15) is 11.9 Å². The maximum absolute atomic E-state index is 14.3. The van der Waals surface area contributed by atoms with Crippen LogP contribution in [-0.2, 0) is 4.74 Å². The van der Waals surface area contributed by atoms with E-state index in [1.807, 2.05) is 0 Å². The third-order valence-electron chi connectivity index (χ3n) is 3.85. The molecule has 0 aromatic carbocycles. The lowest BCUT2D eigenvalue weighted by molar-refractivity contribution is -0.199. The summed E-state index contributed by atoms with van der Waals surface area (Å²) in [6.45, 7) is 3.28. The smallest absolute Gasteiger partial charge is 0.351 e. The SMILES string of the molecule is C=C[C@]12O[C@@H](n3ccc(N)nc3=O)C(F)(F)[C@]1(O)C2O. The highest BCUT2D eigenvalue weighted by molar-refractivity contribution is 5.43. The van der Waals surface area contributed by atoms with Gasteiger partial charge in [0, 0.05) is 6.20 Å². The molecule has 1 saturated carbocycles. The molecule has 2 fully saturated rings. The van der Waals surface area contributed by atoms with Crippen LogP contribution >= 0.6 is 0 Å². The van der Waals surface area contributed by atoms with Crippen LogP contribution in [0.5, 0.6) is 0 Å². The van der Waals surface area contributed by atoms with Crippen molar-refractivity contribution < 1.29 is 23.7 Å². The summed E-state index contributed by atoms with van der Waals surface area (Å²) in [7, 11) is 0. The van der Waals surface area contributed by atoms with E-state index in [9.17, 15) is 23.8 Å². The Hall–Kier alpha value is -1.84. The Morgan fingerprint density at radius 2 is 2.25 bits per heavy atom. The molecule has 2 heterocycles. The lowest BCUT2D eigenvalue weighted by Crippen LogP contribution is -2.46. The summed E-state index contributed by atoms with van der Waals surface area (Å²) in [5, 5.41) is 19.5. The number of rotatable bonds is 2. The first-order valence-corrected chi connectivity index (χ1v) is 5.66. The van der Waals surface area contributed by atoms with Gasteiger partial charge < -0.3 is 20.7 Å². The van der Waals surface area contributed by atoms with Crippen molar-refractivity contribution in [3.8, 4) is 0 Å². The van der Waals surface area contributed by atoms with E-state index in [0.29, 0.717) is 4.57 Å². The molecule has 20 heavy (non-hydrogen) atoms. The number of anilines is 1. The zero-order valence-corrected chi connectivity index (χ0v) is 10.0. The number of alkyl halides is 2. The van der Waals surface area contributed by atoms with Gasteiger partial charge in [0.25, 0.3) is 0 Å². The number of nitrogens with zero attached hydrogens (tertiary/aromatic N) is 2. The minimum Gasteiger partial charge on any atom is -0.386 e. The summed E-state index contributed by atoms with van der Waals surface area (Å²) in [4.78, 5) is 14.9. The molecule has 1 aliphatic heterocycles. The molecule has 0 radical (unpaired) electrons. The van der Waals surface area contributed by atoms with E-state index >= 15 is 0 Å². The van der Waals surface area contributed by atoms with Gasteiger partial charge in [-0.15, -0.1) is 6.58 Å². The van der Waals surface area contributed by atoms with Crippen molar-refractivity contribution in [3.05, 3.63) is 35.4 Å². The molecule has 4 N–H and O–H groups in total. The molecule has 4 atom stereocenters. The molecule has 108 valence electrons. The van der Waals surface area contributed by atoms with E-state index in [0.717, 1.165) is 18.3 Å². The molecular formula is C11H11F2N3O4. The Bertz CT molecular complexity index is 663. The van der Waals surface area contributed by atoms with Crippen molar-refractivity contribution in [1.82, 2.24) is 9.55 Å². The predicted octanol–water partition coefficient (Wildman–Crippen LogP) is -0.980. The molecule has 0 amide bonds. The standard InChI is InChI=1S/C11H11F2N3O4/c1-2-9-6(17)10(9,19)11(12,13)7(20-9)16-4-3-5(14)15-8(16)18/h2-4,6-7,17,19H,1H2,(H2,14,15,18)/t6?,7-,9-,10+/m1/s1. The third-order valence-corrected chi connectivity index (χ3v) is 3.85. The van der Waals surface area contributed by atoms with Crippen LogP contribution in [0.15, 0.2) is 29.7 Å². The quantitative estimate of drug-likeness (QED) is 0.603. The largest absolute Gasteiger partial charge is 0.386 e. The van der Waals surface area contributed by atoms with Crippen molar-refractivity contribution in [2.45, 2.75) is 29.5 Å². The van der Waals surface area contributed by atoms with Gasteiger partial charge in [0.05, 0.1) is 0 Å². The van der Waals surface area contributed by atoms with Gasteiger partial charge in [-0.3, -0.25) is 4.57 Å². The lowest BCUT2D eigenvalue weighted by atomic mass is 10.1. The summed E-state index contributed by atoms with van der Waals surface area (Å²) in [5.41, 5.74) is -0.586. The maximum Gasteiger partial charge on any atom is 0.351 e. The second kappa shape index (κ2) is 3.43. The van der Waals surface area contributed by atoms with Crippen molar-refractivity contribution in [2.24, 2.45) is 0 Å². The second-order valence-corrected chi connectivity index (χ2v) is 4.80. The van der Waals surface area contributed by atoms with Crippen molar-refractivity contribution in [2.75, 3.05) is 5.73 Å². The Kier molecular flexibility index (Phi) is 2.25. The van der Waals surface area contributed by atoms with Crippen LogP contribution in [0.2, 0.25) is 0 Å². The Labute approximate surface area is 110 Å². The van der Waals surface area contributed by atoms with E-state index in [4.69, 9.17) is 10.5 Å². The minimum absolute atomic E-state index is 0.130. The van der Waals surface area contributed by atoms with Crippen molar-refractivity contribution in [1.29, 1.82) is 0 Å². The molecule has 7 nitrogen and oxygen atoms in total. The molecule has 1 unspecified atom stereocenters. The molecule has 9 heteroatoms. The molecule has 1 aliphatic carbocycles. The molecule has 1 aromatic rings. The zero-order chi connectivity index (χ0) is 14.9. The van der Waals surface area contributed by atoms with Gasteiger partial charge in [-0.2, -0.15) is 13.8 Å². The van der Waals surface area contributed by atoms with E-state index in [2.05, 4.69) is 11.6 Å². The van der Waals surface area contributed by atoms with Crippen LogP contribution in [0, 0.1) is 0 Å². The van der Waals surface area contributed by atoms with Crippen LogP contribution in [0.3, 0.4) is 0 Å². The Morgan fingerprint density at radius 3 is 2.75 bits per heavy atom. The van der Waals surface area contributed by atoms with Gasteiger partial charge in [-0.25, -0.2) is 4.79 Å². The van der Waals surface area contributed by atoms with Gasteiger partial charge in [0.15, 0.2) is 11.2 Å². The third kappa shape index (κ3) is 1.14. The van der Waals surface area contributed by atoms with Crippen LogP contribution < -0.4 is 11.4 Å². The zero-order valence-electron chi connectivity index (χ0n) is 10.0. The number of aliphatic hydroxyl groups is 2. The van der Waals surface area contributed by atoms with Gasteiger partial charge in [0.2, 0.25) is 6.23 Å². The number of nitrogens with two attached hydrogens (primary N) is 1. The molecule has 3 rings (SSSR count). The molecule has 0 spiro atoms. The second-order valence-electron chi connectivity index (χ2n) is 4.80. The van der Waals surface area contributed by atoms with E-state index in [1.54, 1.807) is 0 Å². The highest BCUT2D eigenvalue weighted by Crippen LogP contribution is 2.69. The number of fused-ring (bicyclic) bond motifs is 1. The summed E-state index contributed by atoms with van der Waals surface area (Å²) in [6.07, 6.45) is -2.02. The fourth-order valence-electron chi connectivity index (χ4n) is 2.63. The van der Waals surface area contributed by atoms with Crippen LogP contribution in [0.4, 0.5) is 14.6 Å². The first kappa shape index (κ1) is 13.2. The average Bonchev–Trinajstić information content (AvgIpc) is 2.78. The number of aromatic nitrogens is 2. The number of hydrogen-bond donors (Lipinski definition) is 3. The summed E-state index contributed by atoms with van der Waals surface area (Å²) in [6, 6.07) is 1.14.